The van der Waals surface area contributed by atoms with Gasteiger partial charge in [0.05, 0.1) is 19.8 Å². The smallest absolute Gasteiger partial charge is 0.223 e. The number of aliphatic imine (C=N–C) groups is 1. The predicted octanol–water partition coefficient (Wildman–Crippen LogP) is 1.41. The lowest BCUT2D eigenvalue weighted by Gasteiger charge is -2.35. The molecule has 1 fully saturated rings. The van der Waals surface area contributed by atoms with Crippen molar-refractivity contribution in [2.45, 2.75) is 39.8 Å². The molecule has 25 heavy (non-hydrogen) atoms. The number of nitrogens with zero attached hydrogens (tertiary/aromatic N) is 4. The lowest BCUT2D eigenvalue weighted by molar-refractivity contribution is 0.0132. The van der Waals surface area contributed by atoms with Gasteiger partial charge in [-0.3, -0.25) is 9.89 Å². The molecule has 2 heterocycles. The van der Waals surface area contributed by atoms with E-state index in [1.807, 2.05) is 0 Å². The Morgan fingerprint density at radius 3 is 2.56 bits per heavy atom. The maximum absolute atomic E-state index is 5.47. The molecule has 1 aromatic heterocycles. The van der Waals surface area contributed by atoms with E-state index in [0.29, 0.717) is 30.2 Å². The summed E-state index contributed by atoms with van der Waals surface area (Å²) in [6.45, 7) is 11.3. The van der Waals surface area contributed by atoms with Gasteiger partial charge < -0.3 is 19.9 Å². The van der Waals surface area contributed by atoms with Gasteiger partial charge in [-0.05, 0) is 12.3 Å². The number of aryl methyl sites for hydroxylation is 1. The van der Waals surface area contributed by atoms with Crippen LogP contribution in [-0.2, 0) is 11.3 Å². The Hall–Kier alpha value is -0.940. The fourth-order valence-corrected chi connectivity index (χ4v) is 2.86. The van der Waals surface area contributed by atoms with Crippen molar-refractivity contribution in [2.75, 3.05) is 39.9 Å². The zero-order valence-electron chi connectivity index (χ0n) is 15.6. The summed E-state index contributed by atoms with van der Waals surface area (Å²) in [5.74, 6) is 2.60. The highest BCUT2D eigenvalue weighted by Gasteiger charge is 2.22. The first kappa shape index (κ1) is 22.1. The summed E-state index contributed by atoms with van der Waals surface area (Å²) < 4.78 is 10.4. The fraction of sp³-hybridized carbons (Fsp3) is 0.812. The van der Waals surface area contributed by atoms with Gasteiger partial charge in [0, 0.05) is 39.6 Å². The second kappa shape index (κ2) is 11.6. The number of halogens is 1. The number of rotatable bonds is 7. The van der Waals surface area contributed by atoms with Crippen LogP contribution in [0.3, 0.4) is 0 Å². The third-order valence-electron chi connectivity index (χ3n) is 4.02. The first-order chi connectivity index (χ1) is 11.6. The quantitative estimate of drug-likeness (QED) is 0.357. The molecule has 9 heteroatoms. The molecule has 2 N–H and O–H groups in total. The van der Waals surface area contributed by atoms with Crippen molar-refractivity contribution >= 4 is 29.9 Å². The SMILES string of the molecule is CN=C(NCc1noc(C)n1)NCC(CC(C)C)N1CCOCC1.I. The number of hydrogen-bond acceptors (Lipinski definition) is 6. The minimum absolute atomic E-state index is 0. The van der Waals surface area contributed by atoms with E-state index < -0.39 is 0 Å². The molecule has 1 aliphatic rings. The normalized spacial score (nSPS) is 17.2. The van der Waals surface area contributed by atoms with Gasteiger partial charge in [0.25, 0.3) is 0 Å². The van der Waals surface area contributed by atoms with Crippen molar-refractivity contribution in [2.24, 2.45) is 10.9 Å². The summed E-state index contributed by atoms with van der Waals surface area (Å²) in [7, 11) is 1.77. The highest BCUT2D eigenvalue weighted by Crippen LogP contribution is 2.12. The molecule has 1 unspecified atom stereocenters. The van der Waals surface area contributed by atoms with Crippen LogP contribution in [0.2, 0.25) is 0 Å². The monoisotopic (exact) mass is 466 g/mol. The standard InChI is InChI=1S/C16H30N6O2.HI/c1-12(2)9-14(22-5-7-23-8-6-22)10-18-16(17-4)19-11-15-20-13(3)24-21-15;/h12,14H,5-11H2,1-4H3,(H2,17,18,19);1H. The van der Waals surface area contributed by atoms with Crippen molar-refractivity contribution in [3.05, 3.63) is 11.7 Å². The molecule has 144 valence electrons. The minimum Gasteiger partial charge on any atom is -0.379 e. The molecule has 1 saturated heterocycles. The number of ether oxygens (including phenoxy) is 1. The summed E-state index contributed by atoms with van der Waals surface area (Å²) in [5.41, 5.74) is 0. The Labute approximate surface area is 167 Å². The Morgan fingerprint density at radius 1 is 1.28 bits per heavy atom. The molecule has 0 radical (unpaired) electrons. The average Bonchev–Trinajstić information content (AvgIpc) is 2.99. The molecular formula is C16H31IN6O2. The molecule has 1 aromatic rings. The van der Waals surface area contributed by atoms with Gasteiger partial charge in [-0.2, -0.15) is 4.98 Å². The Kier molecular flexibility index (Phi) is 10.3. The first-order valence-corrected chi connectivity index (χ1v) is 8.64. The molecule has 0 aliphatic carbocycles. The molecule has 0 bridgehead atoms. The van der Waals surface area contributed by atoms with E-state index in [4.69, 9.17) is 9.26 Å². The van der Waals surface area contributed by atoms with E-state index in [0.717, 1.165) is 45.2 Å². The zero-order chi connectivity index (χ0) is 17.4. The van der Waals surface area contributed by atoms with E-state index in [9.17, 15) is 0 Å². The van der Waals surface area contributed by atoms with Gasteiger partial charge in [0.1, 0.15) is 0 Å². The molecule has 1 atom stereocenters. The molecule has 0 aromatic carbocycles. The van der Waals surface area contributed by atoms with Gasteiger partial charge in [-0.15, -0.1) is 24.0 Å². The van der Waals surface area contributed by atoms with Crippen LogP contribution >= 0.6 is 24.0 Å². The Bertz CT molecular complexity index is 516. The maximum Gasteiger partial charge on any atom is 0.223 e. The summed E-state index contributed by atoms with van der Waals surface area (Å²) in [6.07, 6.45) is 1.15. The number of nitrogens with one attached hydrogen (secondary N) is 2. The molecule has 0 spiro atoms. The van der Waals surface area contributed by atoms with Crippen molar-refractivity contribution in [3.8, 4) is 0 Å². The maximum atomic E-state index is 5.47. The van der Waals surface area contributed by atoms with Crippen molar-refractivity contribution in [1.82, 2.24) is 25.7 Å². The van der Waals surface area contributed by atoms with Gasteiger partial charge >= 0.3 is 0 Å². The lowest BCUT2D eigenvalue weighted by Crippen LogP contribution is -2.51. The molecule has 0 saturated carbocycles. The molecule has 2 rings (SSSR count). The molecule has 8 nitrogen and oxygen atoms in total. The summed E-state index contributed by atoms with van der Waals surface area (Å²) in [5, 5.41) is 10.5. The largest absolute Gasteiger partial charge is 0.379 e. The fourth-order valence-electron chi connectivity index (χ4n) is 2.86. The topological polar surface area (TPSA) is 87.8 Å². The van der Waals surface area contributed by atoms with Crippen molar-refractivity contribution in [3.63, 3.8) is 0 Å². The summed E-state index contributed by atoms with van der Waals surface area (Å²) in [6, 6.07) is 0.472. The van der Waals surface area contributed by atoms with Crippen LogP contribution in [0.1, 0.15) is 32.0 Å². The molecule has 0 amide bonds. The van der Waals surface area contributed by atoms with E-state index in [1.165, 1.54) is 0 Å². The molecule has 1 aliphatic heterocycles. The number of hydrogen-bond donors (Lipinski definition) is 2. The predicted molar refractivity (Wildman–Crippen MR) is 108 cm³/mol. The van der Waals surface area contributed by atoms with E-state index >= 15 is 0 Å². The average molecular weight is 466 g/mol. The van der Waals surface area contributed by atoms with Crippen LogP contribution in [0.4, 0.5) is 0 Å². The van der Waals surface area contributed by atoms with Gasteiger partial charge in [-0.1, -0.05) is 19.0 Å². The van der Waals surface area contributed by atoms with Crippen LogP contribution in [0, 0.1) is 12.8 Å². The summed E-state index contributed by atoms with van der Waals surface area (Å²) >= 11 is 0. The van der Waals surface area contributed by atoms with E-state index in [-0.39, 0.29) is 24.0 Å². The summed E-state index contributed by atoms with van der Waals surface area (Å²) in [4.78, 5) is 11.0. The van der Waals surface area contributed by atoms with Crippen LogP contribution in [0.5, 0.6) is 0 Å². The molecular weight excluding hydrogens is 435 g/mol. The van der Waals surface area contributed by atoms with Crippen LogP contribution in [-0.4, -0.2) is 66.9 Å². The number of aromatic nitrogens is 2. The van der Waals surface area contributed by atoms with Crippen LogP contribution in [0.15, 0.2) is 9.52 Å². The van der Waals surface area contributed by atoms with Gasteiger partial charge in [0.2, 0.25) is 5.89 Å². The third kappa shape index (κ3) is 7.87. The highest BCUT2D eigenvalue weighted by molar-refractivity contribution is 14.0. The van der Waals surface area contributed by atoms with Gasteiger partial charge in [0.15, 0.2) is 11.8 Å². The van der Waals surface area contributed by atoms with Crippen LogP contribution < -0.4 is 10.6 Å². The Morgan fingerprint density at radius 2 is 2.00 bits per heavy atom. The minimum atomic E-state index is 0. The van der Waals surface area contributed by atoms with Crippen molar-refractivity contribution < 1.29 is 9.26 Å². The van der Waals surface area contributed by atoms with E-state index in [1.54, 1.807) is 14.0 Å². The first-order valence-electron chi connectivity index (χ1n) is 8.64. The van der Waals surface area contributed by atoms with Crippen LogP contribution in [0.25, 0.3) is 0 Å². The zero-order valence-corrected chi connectivity index (χ0v) is 17.9. The number of guanidine groups is 1. The number of morpholine rings is 1. The third-order valence-corrected chi connectivity index (χ3v) is 4.02. The Balaban J connectivity index is 0.00000312. The second-order valence-electron chi connectivity index (χ2n) is 6.47. The highest BCUT2D eigenvalue weighted by atomic mass is 127. The van der Waals surface area contributed by atoms with Crippen molar-refractivity contribution in [1.29, 1.82) is 0 Å². The van der Waals surface area contributed by atoms with Gasteiger partial charge in [-0.25, -0.2) is 0 Å². The second-order valence-corrected chi connectivity index (χ2v) is 6.47. The van der Waals surface area contributed by atoms with E-state index in [2.05, 4.69) is 44.5 Å². The lowest BCUT2D eigenvalue weighted by atomic mass is 10.0.